The third-order valence-electron chi connectivity index (χ3n) is 5.75. The highest BCUT2D eigenvalue weighted by atomic mass is 16.1. The maximum Gasteiger partial charge on any atom is 0.156 e. The fourth-order valence-corrected chi connectivity index (χ4v) is 4.03. The molecule has 34 heavy (non-hydrogen) atoms. The Kier molecular flexibility index (Phi) is 6.86. The minimum Gasteiger partial charge on any atom is -0.346 e. The molecule has 170 valence electrons. The standard InChI is InChI=1S/C29H28N4O/c1-5-8-21-13-19(3)11-12-22(21)14-20(4)26-16-30-29-28(26)33-27(17-31-29)23-9-7-10-25(15-23)32-24(6-2)18-34/h6-7,9-17,32H,2,5,8H2,1,3-4H3,(H,30,31)/b20-14+. The smallest absolute Gasteiger partial charge is 0.156 e. The molecule has 0 atom stereocenters. The van der Waals surface area contributed by atoms with Crippen LogP contribution in [0, 0.1) is 6.92 Å². The Labute approximate surface area is 200 Å². The summed E-state index contributed by atoms with van der Waals surface area (Å²) in [6.45, 7) is 10.1. The van der Waals surface area contributed by atoms with E-state index in [4.69, 9.17) is 4.98 Å². The molecule has 0 fully saturated rings. The van der Waals surface area contributed by atoms with Gasteiger partial charge in [0, 0.05) is 23.0 Å². The van der Waals surface area contributed by atoms with Gasteiger partial charge in [-0.2, -0.15) is 0 Å². The number of aromatic amines is 1. The van der Waals surface area contributed by atoms with Crippen molar-refractivity contribution in [3.63, 3.8) is 0 Å². The van der Waals surface area contributed by atoms with Crippen LogP contribution < -0.4 is 5.32 Å². The SMILES string of the molecule is C=CC(=C=O)Nc1cccc(-c2cnc3[nH]cc(/C(C)=C/c4ccc(C)cc4CCC)c3n2)c1. The van der Waals surface area contributed by atoms with Crippen LogP contribution in [0.1, 0.15) is 42.5 Å². The first kappa shape index (κ1) is 23.0. The summed E-state index contributed by atoms with van der Waals surface area (Å²) in [5.41, 5.74) is 10.3. The first-order valence-electron chi connectivity index (χ1n) is 11.4. The summed E-state index contributed by atoms with van der Waals surface area (Å²) in [6, 6.07) is 14.3. The van der Waals surface area contributed by atoms with Crippen molar-refractivity contribution in [2.45, 2.75) is 33.6 Å². The maximum absolute atomic E-state index is 11.0. The highest BCUT2D eigenvalue weighted by molar-refractivity contribution is 5.93. The van der Waals surface area contributed by atoms with Gasteiger partial charge in [0.05, 0.1) is 11.9 Å². The molecular weight excluding hydrogens is 420 g/mol. The van der Waals surface area contributed by atoms with E-state index in [0.29, 0.717) is 0 Å². The van der Waals surface area contributed by atoms with Crippen molar-refractivity contribution in [3.8, 4) is 11.3 Å². The Morgan fingerprint density at radius 3 is 2.85 bits per heavy atom. The Bertz CT molecular complexity index is 1440. The Hall–Kier alpha value is -4.21. The number of nitrogens with zero attached hydrogens (tertiary/aromatic N) is 2. The van der Waals surface area contributed by atoms with Crippen LogP contribution in [0.25, 0.3) is 34.1 Å². The first-order chi connectivity index (χ1) is 16.5. The van der Waals surface area contributed by atoms with E-state index >= 15 is 0 Å². The molecule has 5 heteroatoms. The zero-order chi connectivity index (χ0) is 24.1. The normalized spacial score (nSPS) is 11.3. The molecule has 0 bridgehead atoms. The van der Waals surface area contributed by atoms with Crippen molar-refractivity contribution in [3.05, 3.63) is 95.5 Å². The van der Waals surface area contributed by atoms with Gasteiger partial charge in [0.2, 0.25) is 0 Å². The number of fused-ring (bicyclic) bond motifs is 1. The number of anilines is 1. The summed E-state index contributed by atoms with van der Waals surface area (Å²) in [5, 5.41) is 3.01. The zero-order valence-electron chi connectivity index (χ0n) is 19.8. The molecule has 0 saturated carbocycles. The molecule has 2 N–H and O–H groups in total. The lowest BCUT2D eigenvalue weighted by molar-refractivity contribution is 0.568. The second-order valence-corrected chi connectivity index (χ2v) is 8.36. The fraction of sp³-hybridized carbons (Fsp3) is 0.172. The maximum atomic E-state index is 11.0. The molecule has 2 aromatic carbocycles. The van der Waals surface area contributed by atoms with E-state index in [1.54, 1.807) is 6.20 Å². The number of nitrogens with one attached hydrogen (secondary N) is 2. The van der Waals surface area contributed by atoms with Gasteiger partial charge in [0.25, 0.3) is 0 Å². The summed E-state index contributed by atoms with van der Waals surface area (Å²) in [5.74, 6) is 1.83. The monoisotopic (exact) mass is 448 g/mol. The van der Waals surface area contributed by atoms with Crippen LogP contribution >= 0.6 is 0 Å². The van der Waals surface area contributed by atoms with Crippen molar-refractivity contribution in [1.29, 1.82) is 0 Å². The largest absolute Gasteiger partial charge is 0.346 e. The van der Waals surface area contributed by atoms with Crippen molar-refractivity contribution in [2.75, 3.05) is 5.32 Å². The number of aryl methyl sites for hydroxylation is 2. The zero-order valence-corrected chi connectivity index (χ0v) is 19.8. The van der Waals surface area contributed by atoms with E-state index in [-0.39, 0.29) is 5.70 Å². The van der Waals surface area contributed by atoms with E-state index in [9.17, 15) is 4.79 Å². The molecule has 0 spiro atoms. The number of benzene rings is 2. The summed E-state index contributed by atoms with van der Waals surface area (Å²) in [4.78, 5) is 23.8. The number of rotatable bonds is 8. The number of aromatic nitrogens is 3. The number of allylic oxidation sites excluding steroid dienone is 2. The lowest BCUT2D eigenvalue weighted by Gasteiger charge is -2.09. The van der Waals surface area contributed by atoms with Crippen molar-refractivity contribution >= 4 is 34.4 Å². The number of carbonyl (C=O) groups excluding carboxylic acids is 1. The van der Waals surface area contributed by atoms with Crippen LogP contribution in [0.5, 0.6) is 0 Å². The van der Waals surface area contributed by atoms with Gasteiger partial charge in [-0.15, -0.1) is 0 Å². The predicted molar refractivity (Wildman–Crippen MR) is 141 cm³/mol. The van der Waals surface area contributed by atoms with Gasteiger partial charge in [-0.3, -0.25) is 0 Å². The number of H-pyrrole nitrogens is 1. The van der Waals surface area contributed by atoms with Gasteiger partial charge in [-0.1, -0.05) is 61.9 Å². The molecule has 2 aromatic heterocycles. The Balaban J connectivity index is 1.72. The van der Waals surface area contributed by atoms with Crippen LogP contribution in [0.3, 0.4) is 0 Å². The molecule has 5 nitrogen and oxygen atoms in total. The second-order valence-electron chi connectivity index (χ2n) is 8.36. The van der Waals surface area contributed by atoms with Crippen molar-refractivity contribution in [2.24, 2.45) is 0 Å². The lowest BCUT2D eigenvalue weighted by atomic mass is 9.97. The average molecular weight is 449 g/mol. The van der Waals surface area contributed by atoms with E-state index in [1.165, 1.54) is 22.8 Å². The summed E-state index contributed by atoms with van der Waals surface area (Å²) in [7, 11) is 0. The highest BCUT2D eigenvalue weighted by Gasteiger charge is 2.12. The Morgan fingerprint density at radius 2 is 2.09 bits per heavy atom. The molecule has 0 aliphatic carbocycles. The van der Waals surface area contributed by atoms with Gasteiger partial charge in [-0.05, 0) is 55.2 Å². The third-order valence-corrected chi connectivity index (χ3v) is 5.75. The quantitative estimate of drug-likeness (QED) is 0.231. The molecule has 2 heterocycles. The van der Waals surface area contributed by atoms with E-state index in [0.717, 1.165) is 52.1 Å². The van der Waals surface area contributed by atoms with Crippen LogP contribution in [0.15, 0.2) is 73.2 Å². The summed E-state index contributed by atoms with van der Waals surface area (Å²) >= 11 is 0. The molecule has 0 aliphatic rings. The van der Waals surface area contributed by atoms with E-state index in [1.807, 2.05) is 36.4 Å². The van der Waals surface area contributed by atoms with Crippen molar-refractivity contribution < 1.29 is 4.79 Å². The lowest BCUT2D eigenvalue weighted by Crippen LogP contribution is -1.97. The Morgan fingerprint density at radius 1 is 1.24 bits per heavy atom. The van der Waals surface area contributed by atoms with Gasteiger partial charge in [0.15, 0.2) is 11.6 Å². The molecule has 0 unspecified atom stereocenters. The second kappa shape index (κ2) is 10.2. The molecule has 0 saturated heterocycles. The molecular formula is C29H28N4O. The van der Waals surface area contributed by atoms with Crippen LogP contribution in [0.4, 0.5) is 5.69 Å². The van der Waals surface area contributed by atoms with E-state index < -0.39 is 0 Å². The molecule has 4 aromatic rings. The van der Waals surface area contributed by atoms with Gasteiger partial charge < -0.3 is 10.3 Å². The minimum atomic E-state index is 0.283. The van der Waals surface area contributed by atoms with Gasteiger partial charge in [0.1, 0.15) is 11.2 Å². The van der Waals surface area contributed by atoms with Crippen LogP contribution in [0.2, 0.25) is 0 Å². The molecule has 0 aliphatic heterocycles. The molecule has 0 amide bonds. The highest BCUT2D eigenvalue weighted by Crippen LogP contribution is 2.28. The van der Waals surface area contributed by atoms with Crippen LogP contribution in [-0.4, -0.2) is 20.9 Å². The molecule has 4 rings (SSSR count). The summed E-state index contributed by atoms with van der Waals surface area (Å²) in [6.07, 6.45) is 9.55. The topological polar surface area (TPSA) is 70.7 Å². The van der Waals surface area contributed by atoms with Crippen molar-refractivity contribution in [1.82, 2.24) is 15.0 Å². The minimum absolute atomic E-state index is 0.283. The fourth-order valence-electron chi connectivity index (χ4n) is 4.03. The summed E-state index contributed by atoms with van der Waals surface area (Å²) < 4.78 is 0. The first-order valence-corrected chi connectivity index (χ1v) is 11.4. The number of hydrogen-bond acceptors (Lipinski definition) is 4. The molecule has 0 radical (unpaired) electrons. The predicted octanol–water partition coefficient (Wildman–Crippen LogP) is 6.76. The van der Waals surface area contributed by atoms with Crippen LogP contribution in [-0.2, 0) is 11.2 Å². The average Bonchev–Trinajstić information content (AvgIpc) is 3.28. The third kappa shape index (κ3) is 4.90. The van der Waals surface area contributed by atoms with Gasteiger partial charge >= 0.3 is 0 Å². The van der Waals surface area contributed by atoms with E-state index in [2.05, 4.69) is 66.9 Å². The number of hydrogen-bond donors (Lipinski definition) is 2. The van der Waals surface area contributed by atoms with Gasteiger partial charge in [-0.25, -0.2) is 14.8 Å².